The maximum atomic E-state index is 5.38. The quantitative estimate of drug-likeness (QED) is 0.155. The molecule has 6 aromatic carbocycles. The van der Waals surface area contributed by atoms with Crippen molar-refractivity contribution in [2.75, 3.05) is 0 Å². The Morgan fingerprint density at radius 2 is 1.11 bits per heavy atom. The molecule has 5 heteroatoms. The van der Waals surface area contributed by atoms with E-state index in [-0.39, 0.29) is 12.0 Å². The smallest absolute Gasteiger partial charge is 0.134 e. The molecule has 0 fully saturated rings. The number of fused-ring (bicyclic) bond motifs is 3. The zero-order valence-corrected chi connectivity index (χ0v) is 34.8. The van der Waals surface area contributed by atoms with Crippen molar-refractivity contribution in [2.24, 2.45) is 10.9 Å². The third-order valence-corrected chi connectivity index (χ3v) is 12.3. The van der Waals surface area contributed by atoms with Crippen molar-refractivity contribution in [1.29, 1.82) is 0 Å². The lowest BCUT2D eigenvalue weighted by Crippen LogP contribution is -2.31. The number of pyridine rings is 3. The number of nitrogens with zero attached hydrogens (tertiary/aromatic N) is 4. The van der Waals surface area contributed by atoms with Crippen LogP contribution in [0.3, 0.4) is 0 Å². The Morgan fingerprint density at radius 1 is 0.492 bits per heavy atom. The molecule has 5 nitrogen and oxygen atoms in total. The molecule has 3 aromatic heterocycles. The minimum atomic E-state index is -0.0231. The minimum absolute atomic E-state index is 0.0231. The Balaban J connectivity index is 0.923. The van der Waals surface area contributed by atoms with E-state index < -0.39 is 0 Å². The van der Waals surface area contributed by atoms with Crippen LogP contribution < -0.4 is 5.32 Å². The van der Waals surface area contributed by atoms with Crippen LogP contribution in [0.2, 0.25) is 0 Å². The fourth-order valence-electron chi connectivity index (χ4n) is 8.86. The van der Waals surface area contributed by atoms with Crippen LogP contribution in [0.1, 0.15) is 41.3 Å². The van der Waals surface area contributed by atoms with Crippen LogP contribution in [0.15, 0.2) is 224 Å². The molecule has 1 aliphatic carbocycles. The highest BCUT2D eigenvalue weighted by Crippen LogP contribution is 2.39. The van der Waals surface area contributed by atoms with Crippen LogP contribution in [0.5, 0.6) is 0 Å². The van der Waals surface area contributed by atoms with E-state index in [1.165, 1.54) is 16.7 Å². The third-order valence-electron chi connectivity index (χ3n) is 12.3. The molecule has 1 N–H and O–H groups in total. The van der Waals surface area contributed by atoms with Crippen molar-refractivity contribution in [3.63, 3.8) is 0 Å². The van der Waals surface area contributed by atoms with Crippen LogP contribution in [-0.4, -0.2) is 20.8 Å². The SMILES string of the molecule is C[C@@H]1C=CC=CC1c1cc(-c2ccc(-c3ccc(C4=NC(c5ccc(-c6ccccc6)cc5)=CC(c5ccccc5)N4)cc3)cc2)c2ccc3ccc(-c4ccccn4)nc3c2n1. The average Bonchev–Trinajstić information content (AvgIpc) is 3.37. The molecule has 0 spiro atoms. The van der Waals surface area contributed by atoms with E-state index in [9.17, 15) is 0 Å². The van der Waals surface area contributed by atoms with Crippen molar-refractivity contribution >= 4 is 33.3 Å². The second kappa shape index (κ2) is 16.4. The van der Waals surface area contributed by atoms with Gasteiger partial charge in [0.05, 0.1) is 34.2 Å². The molecule has 0 radical (unpaired) electrons. The maximum absolute atomic E-state index is 5.38. The number of rotatable bonds is 8. The summed E-state index contributed by atoms with van der Waals surface area (Å²) in [6.45, 7) is 2.26. The molecule has 2 aliphatic rings. The summed E-state index contributed by atoms with van der Waals surface area (Å²) in [6, 6.07) is 64.1. The van der Waals surface area contributed by atoms with Crippen LogP contribution in [0.25, 0.3) is 72.3 Å². The topological polar surface area (TPSA) is 63.1 Å². The summed E-state index contributed by atoms with van der Waals surface area (Å²) in [6.07, 6.45) is 12.8. The monoisotopic (exact) mass is 809 g/mol. The van der Waals surface area contributed by atoms with Crippen LogP contribution in [-0.2, 0) is 0 Å². The molecule has 3 atom stereocenters. The van der Waals surface area contributed by atoms with E-state index >= 15 is 0 Å². The number of hydrogen-bond donors (Lipinski definition) is 1. The first-order valence-corrected chi connectivity index (χ1v) is 21.6. The van der Waals surface area contributed by atoms with Crippen molar-refractivity contribution < 1.29 is 0 Å². The fourth-order valence-corrected chi connectivity index (χ4v) is 8.86. The van der Waals surface area contributed by atoms with Gasteiger partial charge < -0.3 is 5.32 Å². The van der Waals surface area contributed by atoms with Crippen molar-refractivity contribution in [3.05, 3.63) is 241 Å². The van der Waals surface area contributed by atoms with Gasteiger partial charge in [-0.1, -0.05) is 189 Å². The van der Waals surface area contributed by atoms with E-state index in [0.29, 0.717) is 5.92 Å². The summed E-state index contributed by atoms with van der Waals surface area (Å²) in [5, 5.41) is 5.86. The van der Waals surface area contributed by atoms with Gasteiger partial charge in [-0.15, -0.1) is 0 Å². The Hall–Kier alpha value is -8.02. The normalized spacial score (nSPS) is 17.0. The highest BCUT2D eigenvalue weighted by molar-refractivity contribution is 6.09. The standard InChI is InChI=1S/C58H43N5/c1-38-12-8-9-17-48(38)55-36-50(49-33-31-46-32-34-52(51-18-10-11-35-59-51)60-56(46)57(49)61-55)43-25-19-41(20-26-43)42-23-29-47(30-24-42)58-62-53(44-15-6-3-7-16-44)37-54(63-58)45-27-21-40(22-28-45)39-13-4-2-5-14-39/h2-38,48,53H,1H3,(H,62,63)/t38-,48?,53?/m1/s1. The molecule has 11 rings (SSSR count). The fraction of sp³-hybridized carbons (Fsp3) is 0.0690. The van der Waals surface area contributed by atoms with E-state index in [4.69, 9.17) is 15.0 Å². The number of allylic oxidation sites excluding steroid dienone is 4. The van der Waals surface area contributed by atoms with E-state index in [1.54, 1.807) is 0 Å². The third kappa shape index (κ3) is 7.55. The highest BCUT2D eigenvalue weighted by Gasteiger charge is 2.23. The summed E-state index contributed by atoms with van der Waals surface area (Å²) in [5.74, 6) is 1.32. The number of nitrogens with one attached hydrogen (secondary N) is 1. The van der Waals surface area contributed by atoms with Gasteiger partial charge in [-0.05, 0) is 80.8 Å². The van der Waals surface area contributed by atoms with Gasteiger partial charge in [-0.3, -0.25) is 4.98 Å². The molecule has 2 unspecified atom stereocenters. The van der Waals surface area contributed by atoms with Gasteiger partial charge in [0.15, 0.2) is 0 Å². The molecule has 63 heavy (non-hydrogen) atoms. The van der Waals surface area contributed by atoms with Gasteiger partial charge in [-0.2, -0.15) is 0 Å². The Bertz CT molecular complexity index is 3230. The zero-order chi connectivity index (χ0) is 42.1. The summed E-state index contributed by atoms with van der Waals surface area (Å²) >= 11 is 0. The predicted octanol–water partition coefficient (Wildman–Crippen LogP) is 13.8. The van der Waals surface area contributed by atoms with Crippen molar-refractivity contribution in [2.45, 2.75) is 18.9 Å². The number of benzene rings is 6. The molecule has 0 bridgehead atoms. The number of aromatic nitrogens is 3. The Labute approximate surface area is 367 Å². The summed E-state index contributed by atoms with van der Waals surface area (Å²) in [5.41, 5.74) is 15.7. The second-order valence-electron chi connectivity index (χ2n) is 16.3. The number of hydrogen-bond acceptors (Lipinski definition) is 5. The zero-order valence-electron chi connectivity index (χ0n) is 34.8. The highest BCUT2D eigenvalue weighted by atomic mass is 15.0. The Morgan fingerprint density at radius 3 is 1.81 bits per heavy atom. The first kappa shape index (κ1) is 37.9. The van der Waals surface area contributed by atoms with Gasteiger partial charge in [0.25, 0.3) is 0 Å². The largest absolute Gasteiger partial charge is 0.359 e. The lowest BCUT2D eigenvalue weighted by molar-refractivity contribution is 0.622. The molecule has 1 aliphatic heterocycles. The predicted molar refractivity (Wildman–Crippen MR) is 260 cm³/mol. The molecule has 300 valence electrons. The number of aliphatic imine (C=N–C) groups is 1. The lowest BCUT2D eigenvalue weighted by Gasteiger charge is -2.24. The van der Waals surface area contributed by atoms with Gasteiger partial charge in [0.1, 0.15) is 5.84 Å². The molecule has 0 saturated carbocycles. The first-order chi connectivity index (χ1) is 31.1. The van der Waals surface area contributed by atoms with Crippen LogP contribution in [0, 0.1) is 5.92 Å². The second-order valence-corrected chi connectivity index (χ2v) is 16.3. The van der Waals surface area contributed by atoms with E-state index in [1.807, 2.05) is 36.5 Å². The lowest BCUT2D eigenvalue weighted by atomic mass is 9.85. The van der Waals surface area contributed by atoms with Gasteiger partial charge in [0.2, 0.25) is 0 Å². The molecular formula is C58H43N5. The number of amidine groups is 1. The summed E-state index contributed by atoms with van der Waals surface area (Å²) in [4.78, 5) is 20.4. The van der Waals surface area contributed by atoms with Gasteiger partial charge in [-0.25, -0.2) is 15.0 Å². The van der Waals surface area contributed by atoms with Crippen LogP contribution >= 0.6 is 0 Å². The van der Waals surface area contributed by atoms with Gasteiger partial charge in [0, 0.05) is 34.1 Å². The summed E-state index contributed by atoms with van der Waals surface area (Å²) < 4.78 is 0. The Kier molecular flexibility index (Phi) is 9.91. The molecule has 9 aromatic rings. The maximum Gasteiger partial charge on any atom is 0.134 e. The van der Waals surface area contributed by atoms with E-state index in [2.05, 4.69) is 199 Å². The van der Waals surface area contributed by atoms with Gasteiger partial charge >= 0.3 is 0 Å². The molecule has 0 amide bonds. The molecular weight excluding hydrogens is 767 g/mol. The molecule has 4 heterocycles. The minimum Gasteiger partial charge on any atom is -0.359 e. The van der Waals surface area contributed by atoms with Crippen molar-refractivity contribution in [1.82, 2.24) is 20.3 Å². The van der Waals surface area contributed by atoms with Crippen LogP contribution in [0.4, 0.5) is 0 Å². The first-order valence-electron chi connectivity index (χ1n) is 21.6. The average molecular weight is 810 g/mol. The van der Waals surface area contributed by atoms with Crippen molar-refractivity contribution in [3.8, 4) is 44.8 Å². The summed E-state index contributed by atoms with van der Waals surface area (Å²) in [7, 11) is 0. The molecule has 0 saturated heterocycles. The van der Waals surface area contributed by atoms with E-state index in [0.717, 1.165) is 83.8 Å².